The van der Waals surface area contributed by atoms with Crippen molar-refractivity contribution >= 4 is 15.9 Å². The third kappa shape index (κ3) is 4.58. The van der Waals surface area contributed by atoms with Gasteiger partial charge in [-0.05, 0) is 38.1 Å². The standard InChI is InChI=1S/C12H15BrFN/c1-2-3-4-7-15-9-10-8-11(13)5-6-12(10)14/h2-3,5-6,8,15H,4,7,9H2,1H3/b3-2+. The first-order valence-electron chi connectivity index (χ1n) is 5.00. The Kier molecular flexibility index (Phi) is 5.58. The van der Waals surface area contributed by atoms with E-state index in [4.69, 9.17) is 0 Å². The van der Waals surface area contributed by atoms with Gasteiger partial charge in [0.2, 0.25) is 0 Å². The molecule has 1 rings (SSSR count). The van der Waals surface area contributed by atoms with Crippen LogP contribution in [0, 0.1) is 5.82 Å². The second-order valence-electron chi connectivity index (χ2n) is 3.27. The molecule has 1 nitrogen and oxygen atoms in total. The third-order valence-corrected chi connectivity index (χ3v) is 2.54. The van der Waals surface area contributed by atoms with Crippen molar-refractivity contribution in [2.45, 2.75) is 19.9 Å². The zero-order chi connectivity index (χ0) is 11.1. The Morgan fingerprint density at radius 2 is 2.27 bits per heavy atom. The number of allylic oxidation sites excluding steroid dienone is 1. The van der Waals surface area contributed by atoms with Crippen molar-refractivity contribution in [3.05, 3.63) is 46.2 Å². The van der Waals surface area contributed by atoms with Gasteiger partial charge in [0.25, 0.3) is 0 Å². The van der Waals surface area contributed by atoms with Crippen molar-refractivity contribution in [1.82, 2.24) is 5.32 Å². The Bertz CT molecular complexity index is 336. The van der Waals surface area contributed by atoms with Crippen LogP contribution in [0.3, 0.4) is 0 Å². The van der Waals surface area contributed by atoms with Crippen molar-refractivity contribution in [1.29, 1.82) is 0 Å². The van der Waals surface area contributed by atoms with E-state index in [0.717, 1.165) is 17.4 Å². The maximum absolute atomic E-state index is 13.3. The molecule has 15 heavy (non-hydrogen) atoms. The lowest BCUT2D eigenvalue weighted by Gasteiger charge is -2.05. The maximum atomic E-state index is 13.3. The average molecular weight is 272 g/mol. The summed E-state index contributed by atoms with van der Waals surface area (Å²) in [6, 6.07) is 4.99. The molecule has 0 saturated heterocycles. The SMILES string of the molecule is C/C=C/CCNCc1cc(Br)ccc1F. The summed E-state index contributed by atoms with van der Waals surface area (Å²) < 4.78 is 14.2. The highest BCUT2D eigenvalue weighted by Gasteiger charge is 2.01. The van der Waals surface area contributed by atoms with E-state index >= 15 is 0 Å². The lowest BCUT2D eigenvalue weighted by Crippen LogP contribution is -2.15. The van der Waals surface area contributed by atoms with Crippen LogP contribution in [-0.2, 0) is 6.54 Å². The molecule has 0 radical (unpaired) electrons. The molecule has 0 aliphatic carbocycles. The van der Waals surface area contributed by atoms with E-state index < -0.39 is 0 Å². The van der Waals surface area contributed by atoms with Gasteiger partial charge in [0.1, 0.15) is 5.82 Å². The summed E-state index contributed by atoms with van der Waals surface area (Å²) in [4.78, 5) is 0. The molecule has 0 atom stereocenters. The first-order valence-corrected chi connectivity index (χ1v) is 5.79. The summed E-state index contributed by atoms with van der Waals surface area (Å²) in [5, 5.41) is 3.19. The number of rotatable bonds is 5. The highest BCUT2D eigenvalue weighted by Crippen LogP contribution is 2.15. The van der Waals surface area contributed by atoms with E-state index in [-0.39, 0.29) is 5.82 Å². The van der Waals surface area contributed by atoms with Crippen LogP contribution in [0.5, 0.6) is 0 Å². The largest absolute Gasteiger partial charge is 0.312 e. The minimum Gasteiger partial charge on any atom is -0.312 e. The zero-order valence-electron chi connectivity index (χ0n) is 8.76. The van der Waals surface area contributed by atoms with Crippen molar-refractivity contribution in [3.63, 3.8) is 0 Å². The van der Waals surface area contributed by atoms with Crippen LogP contribution in [-0.4, -0.2) is 6.54 Å². The van der Waals surface area contributed by atoms with Crippen LogP contribution < -0.4 is 5.32 Å². The van der Waals surface area contributed by atoms with Gasteiger partial charge in [-0.25, -0.2) is 4.39 Å². The molecule has 0 unspecified atom stereocenters. The van der Waals surface area contributed by atoms with Gasteiger partial charge >= 0.3 is 0 Å². The Hall–Kier alpha value is -0.670. The van der Waals surface area contributed by atoms with Crippen molar-refractivity contribution in [2.75, 3.05) is 6.54 Å². The normalized spacial score (nSPS) is 11.1. The van der Waals surface area contributed by atoms with Crippen LogP contribution in [0.4, 0.5) is 4.39 Å². The molecule has 0 amide bonds. The lowest BCUT2D eigenvalue weighted by molar-refractivity contribution is 0.589. The zero-order valence-corrected chi connectivity index (χ0v) is 10.3. The average Bonchev–Trinajstić information content (AvgIpc) is 2.23. The molecule has 0 aromatic heterocycles. The first kappa shape index (κ1) is 12.4. The van der Waals surface area contributed by atoms with Gasteiger partial charge in [0.15, 0.2) is 0 Å². The van der Waals surface area contributed by atoms with Gasteiger partial charge < -0.3 is 5.32 Å². The summed E-state index contributed by atoms with van der Waals surface area (Å²) >= 11 is 3.32. The molecule has 0 fully saturated rings. The second-order valence-corrected chi connectivity index (χ2v) is 4.19. The Labute approximate surface area is 98.5 Å². The molecule has 1 N–H and O–H groups in total. The fraction of sp³-hybridized carbons (Fsp3) is 0.333. The Morgan fingerprint density at radius 1 is 1.47 bits per heavy atom. The van der Waals surface area contributed by atoms with E-state index in [1.807, 2.05) is 13.0 Å². The maximum Gasteiger partial charge on any atom is 0.127 e. The molecule has 0 saturated carbocycles. The van der Waals surface area contributed by atoms with E-state index in [1.165, 1.54) is 6.07 Å². The topological polar surface area (TPSA) is 12.0 Å². The lowest BCUT2D eigenvalue weighted by atomic mass is 10.2. The predicted molar refractivity (Wildman–Crippen MR) is 65.2 cm³/mol. The number of hydrogen-bond acceptors (Lipinski definition) is 1. The molecular formula is C12H15BrFN. The van der Waals surface area contributed by atoms with Gasteiger partial charge in [-0.2, -0.15) is 0 Å². The molecule has 1 aromatic carbocycles. The second kappa shape index (κ2) is 6.75. The number of hydrogen-bond donors (Lipinski definition) is 1. The van der Waals surface area contributed by atoms with E-state index in [0.29, 0.717) is 12.1 Å². The summed E-state index contributed by atoms with van der Waals surface area (Å²) in [7, 11) is 0. The van der Waals surface area contributed by atoms with Crippen LogP contribution >= 0.6 is 15.9 Å². The Balaban J connectivity index is 2.40. The predicted octanol–water partition coefficient (Wildman–Crippen LogP) is 3.64. The number of benzene rings is 1. The quantitative estimate of drug-likeness (QED) is 0.637. The Morgan fingerprint density at radius 3 is 3.00 bits per heavy atom. The molecule has 0 spiro atoms. The van der Waals surface area contributed by atoms with Gasteiger partial charge in [0.05, 0.1) is 0 Å². The van der Waals surface area contributed by atoms with Gasteiger partial charge in [-0.3, -0.25) is 0 Å². The minimum absolute atomic E-state index is 0.156. The van der Waals surface area contributed by atoms with Gasteiger partial charge in [-0.15, -0.1) is 0 Å². The molecular weight excluding hydrogens is 257 g/mol. The number of halogens is 2. The van der Waals surface area contributed by atoms with Gasteiger partial charge in [-0.1, -0.05) is 28.1 Å². The molecule has 1 aromatic rings. The van der Waals surface area contributed by atoms with Gasteiger partial charge in [0, 0.05) is 16.6 Å². The van der Waals surface area contributed by atoms with Crippen LogP contribution in [0.1, 0.15) is 18.9 Å². The smallest absolute Gasteiger partial charge is 0.127 e. The highest BCUT2D eigenvalue weighted by molar-refractivity contribution is 9.10. The van der Waals surface area contributed by atoms with E-state index in [9.17, 15) is 4.39 Å². The highest BCUT2D eigenvalue weighted by atomic mass is 79.9. The molecule has 82 valence electrons. The summed E-state index contributed by atoms with van der Waals surface area (Å²) in [5.41, 5.74) is 0.699. The monoisotopic (exact) mass is 271 g/mol. The molecule has 3 heteroatoms. The summed E-state index contributed by atoms with van der Waals surface area (Å²) in [6.45, 7) is 3.44. The van der Waals surface area contributed by atoms with Crippen LogP contribution in [0.15, 0.2) is 34.8 Å². The fourth-order valence-corrected chi connectivity index (χ4v) is 1.66. The van der Waals surface area contributed by atoms with Crippen LogP contribution in [0.2, 0.25) is 0 Å². The van der Waals surface area contributed by atoms with Crippen molar-refractivity contribution in [3.8, 4) is 0 Å². The summed E-state index contributed by atoms with van der Waals surface area (Å²) in [5.74, 6) is -0.156. The molecule has 0 aliphatic rings. The third-order valence-electron chi connectivity index (χ3n) is 2.05. The van der Waals surface area contributed by atoms with Crippen molar-refractivity contribution in [2.24, 2.45) is 0 Å². The fourth-order valence-electron chi connectivity index (χ4n) is 1.25. The van der Waals surface area contributed by atoms with E-state index in [1.54, 1.807) is 12.1 Å². The van der Waals surface area contributed by atoms with Crippen LogP contribution in [0.25, 0.3) is 0 Å². The molecule has 0 bridgehead atoms. The number of nitrogens with one attached hydrogen (secondary N) is 1. The van der Waals surface area contributed by atoms with E-state index in [2.05, 4.69) is 27.3 Å². The molecule has 0 aliphatic heterocycles. The minimum atomic E-state index is -0.156. The first-order chi connectivity index (χ1) is 7.24. The summed E-state index contributed by atoms with van der Waals surface area (Å²) in [6.07, 6.45) is 5.08. The van der Waals surface area contributed by atoms with Crippen molar-refractivity contribution < 1.29 is 4.39 Å². The molecule has 0 heterocycles.